The van der Waals surface area contributed by atoms with Crippen LogP contribution in [0.25, 0.3) is 0 Å². The lowest BCUT2D eigenvalue weighted by Gasteiger charge is -2.10. The van der Waals surface area contributed by atoms with Crippen molar-refractivity contribution < 1.29 is 14.6 Å². The van der Waals surface area contributed by atoms with Crippen LogP contribution in [0.1, 0.15) is 17.9 Å². The van der Waals surface area contributed by atoms with Crippen molar-refractivity contribution in [1.82, 2.24) is 5.32 Å². The minimum absolute atomic E-state index is 0.0760. The number of ether oxygens (including phenoxy) is 1. The number of amides is 1. The molecule has 0 aliphatic carbocycles. The molecule has 1 fully saturated rings. The van der Waals surface area contributed by atoms with Crippen LogP contribution < -0.4 is 10.1 Å². The lowest BCUT2D eigenvalue weighted by Crippen LogP contribution is -2.13. The Balaban J connectivity index is 2.25. The molecule has 2 rings (SSSR count). The maximum Gasteiger partial charge on any atom is 0.220 e. The van der Waals surface area contributed by atoms with Crippen LogP contribution in [0.2, 0.25) is 0 Å². The van der Waals surface area contributed by atoms with Crippen LogP contribution in [0.15, 0.2) is 18.2 Å². The summed E-state index contributed by atoms with van der Waals surface area (Å²) in [5, 5.41) is 12.2. The fraction of sp³-hybridized carbons (Fsp3) is 0.364. The molecule has 15 heavy (non-hydrogen) atoms. The smallest absolute Gasteiger partial charge is 0.220 e. The van der Waals surface area contributed by atoms with E-state index in [1.54, 1.807) is 12.1 Å². The first-order valence-electron chi connectivity index (χ1n) is 4.84. The van der Waals surface area contributed by atoms with Gasteiger partial charge in [0.2, 0.25) is 5.91 Å². The van der Waals surface area contributed by atoms with Crippen molar-refractivity contribution in [2.24, 2.45) is 0 Å². The van der Waals surface area contributed by atoms with Gasteiger partial charge in [0.15, 0.2) is 11.5 Å². The second-order valence-electron chi connectivity index (χ2n) is 3.64. The molecule has 0 spiro atoms. The van der Waals surface area contributed by atoms with E-state index >= 15 is 0 Å². The quantitative estimate of drug-likeness (QED) is 0.760. The van der Waals surface area contributed by atoms with Gasteiger partial charge in [0, 0.05) is 18.9 Å². The number of hydrogen-bond donors (Lipinski definition) is 2. The summed E-state index contributed by atoms with van der Waals surface area (Å²) in [6.45, 7) is 0.659. The first kappa shape index (κ1) is 9.83. The van der Waals surface area contributed by atoms with Gasteiger partial charge in [0.05, 0.1) is 7.11 Å². The number of carbonyl (C=O) groups excluding carboxylic acids is 1. The molecule has 1 heterocycles. The van der Waals surface area contributed by atoms with E-state index in [-0.39, 0.29) is 17.6 Å². The van der Waals surface area contributed by atoms with E-state index in [0.717, 1.165) is 5.56 Å². The standard InChI is InChI=1S/C11H13NO3/c1-15-10-4-7(2-3-9(10)13)8-5-11(14)12-6-8/h2-4,8,13H,5-6H2,1H3,(H,12,14)/t8-/m1/s1. The van der Waals surface area contributed by atoms with Gasteiger partial charge in [0.1, 0.15) is 0 Å². The molecule has 0 unspecified atom stereocenters. The van der Waals surface area contributed by atoms with Crippen LogP contribution in [0.3, 0.4) is 0 Å². The Morgan fingerprint density at radius 2 is 2.33 bits per heavy atom. The highest BCUT2D eigenvalue weighted by Gasteiger charge is 2.23. The van der Waals surface area contributed by atoms with Crippen molar-refractivity contribution in [3.05, 3.63) is 23.8 Å². The third-order valence-corrected chi connectivity index (χ3v) is 2.65. The van der Waals surface area contributed by atoms with Crippen molar-refractivity contribution in [2.45, 2.75) is 12.3 Å². The number of carbonyl (C=O) groups is 1. The zero-order valence-corrected chi connectivity index (χ0v) is 8.49. The lowest BCUT2D eigenvalue weighted by atomic mass is 9.98. The first-order chi connectivity index (χ1) is 7.20. The molecule has 80 valence electrons. The van der Waals surface area contributed by atoms with Crippen molar-refractivity contribution in [3.8, 4) is 11.5 Å². The van der Waals surface area contributed by atoms with Crippen molar-refractivity contribution >= 4 is 5.91 Å². The van der Waals surface area contributed by atoms with Gasteiger partial charge in [-0.2, -0.15) is 0 Å². The number of hydrogen-bond acceptors (Lipinski definition) is 3. The number of phenolic OH excluding ortho intramolecular Hbond substituents is 1. The second kappa shape index (κ2) is 3.81. The SMILES string of the molecule is COc1cc([C@H]2CNC(=O)C2)ccc1O. The van der Waals surface area contributed by atoms with Crippen LogP contribution in [-0.2, 0) is 4.79 Å². The number of phenols is 1. The number of aromatic hydroxyl groups is 1. The Labute approximate surface area is 87.9 Å². The molecular formula is C11H13NO3. The Bertz CT molecular complexity index is 389. The Hall–Kier alpha value is -1.71. The normalized spacial score (nSPS) is 20.1. The molecule has 0 saturated carbocycles. The van der Waals surface area contributed by atoms with Crippen molar-refractivity contribution in [1.29, 1.82) is 0 Å². The molecule has 1 aromatic carbocycles. The summed E-state index contributed by atoms with van der Waals surface area (Å²) in [6.07, 6.45) is 0.508. The molecule has 4 heteroatoms. The Morgan fingerprint density at radius 3 is 2.93 bits per heavy atom. The van der Waals surface area contributed by atoms with E-state index in [0.29, 0.717) is 18.7 Å². The first-order valence-corrected chi connectivity index (χ1v) is 4.84. The summed E-state index contributed by atoms with van der Waals surface area (Å²) in [6, 6.07) is 5.19. The monoisotopic (exact) mass is 207 g/mol. The van der Waals surface area contributed by atoms with Crippen LogP contribution >= 0.6 is 0 Å². The Kier molecular flexibility index (Phi) is 2.49. The van der Waals surface area contributed by atoms with E-state index in [1.165, 1.54) is 7.11 Å². The van der Waals surface area contributed by atoms with Gasteiger partial charge < -0.3 is 15.2 Å². The third-order valence-electron chi connectivity index (χ3n) is 2.65. The minimum Gasteiger partial charge on any atom is -0.504 e. The van der Waals surface area contributed by atoms with E-state index in [4.69, 9.17) is 4.74 Å². The molecule has 1 saturated heterocycles. The molecule has 1 aliphatic heterocycles. The summed E-state index contributed by atoms with van der Waals surface area (Å²) >= 11 is 0. The predicted octanol–water partition coefficient (Wildman–Crippen LogP) is 1.00. The van der Waals surface area contributed by atoms with E-state index in [2.05, 4.69) is 5.32 Å². The molecule has 0 aromatic heterocycles. The summed E-state index contributed by atoms with van der Waals surface area (Å²) in [5.74, 6) is 0.837. The number of benzene rings is 1. The second-order valence-corrected chi connectivity index (χ2v) is 3.64. The molecule has 4 nitrogen and oxygen atoms in total. The van der Waals surface area contributed by atoms with E-state index in [9.17, 15) is 9.90 Å². The average molecular weight is 207 g/mol. The highest BCUT2D eigenvalue weighted by atomic mass is 16.5. The van der Waals surface area contributed by atoms with Crippen LogP contribution in [0.5, 0.6) is 11.5 Å². The van der Waals surface area contributed by atoms with Crippen LogP contribution in [-0.4, -0.2) is 24.7 Å². The van der Waals surface area contributed by atoms with Gasteiger partial charge in [-0.15, -0.1) is 0 Å². The van der Waals surface area contributed by atoms with Gasteiger partial charge in [-0.1, -0.05) is 6.07 Å². The van der Waals surface area contributed by atoms with Crippen molar-refractivity contribution in [2.75, 3.05) is 13.7 Å². The lowest BCUT2D eigenvalue weighted by molar-refractivity contribution is -0.119. The zero-order valence-electron chi connectivity index (χ0n) is 8.49. The zero-order chi connectivity index (χ0) is 10.8. The number of methoxy groups -OCH3 is 1. The summed E-state index contributed by atoms with van der Waals surface area (Å²) in [7, 11) is 1.51. The fourth-order valence-electron chi connectivity index (χ4n) is 1.79. The molecule has 1 aromatic rings. The van der Waals surface area contributed by atoms with Crippen LogP contribution in [0, 0.1) is 0 Å². The van der Waals surface area contributed by atoms with Gasteiger partial charge >= 0.3 is 0 Å². The topological polar surface area (TPSA) is 58.6 Å². The van der Waals surface area contributed by atoms with Crippen LogP contribution in [0.4, 0.5) is 0 Å². The van der Waals surface area contributed by atoms with Gasteiger partial charge in [-0.3, -0.25) is 4.79 Å². The molecule has 1 aliphatic rings. The van der Waals surface area contributed by atoms with Gasteiger partial charge in [0.25, 0.3) is 0 Å². The molecule has 2 N–H and O–H groups in total. The van der Waals surface area contributed by atoms with Gasteiger partial charge in [-0.05, 0) is 17.7 Å². The fourth-order valence-corrected chi connectivity index (χ4v) is 1.79. The molecule has 0 radical (unpaired) electrons. The minimum atomic E-state index is 0.0760. The summed E-state index contributed by atoms with van der Waals surface area (Å²) in [4.78, 5) is 11.1. The maximum absolute atomic E-state index is 11.1. The van der Waals surface area contributed by atoms with Gasteiger partial charge in [-0.25, -0.2) is 0 Å². The molecule has 1 atom stereocenters. The van der Waals surface area contributed by atoms with E-state index in [1.807, 2.05) is 6.07 Å². The average Bonchev–Trinajstić information content (AvgIpc) is 2.66. The number of nitrogens with one attached hydrogen (secondary N) is 1. The molecule has 1 amide bonds. The summed E-state index contributed by atoms with van der Waals surface area (Å²) < 4.78 is 5.02. The highest BCUT2D eigenvalue weighted by Crippen LogP contribution is 2.31. The summed E-state index contributed by atoms with van der Waals surface area (Å²) in [5.41, 5.74) is 1.02. The highest BCUT2D eigenvalue weighted by molar-refractivity contribution is 5.79. The molecule has 0 bridgehead atoms. The molecular weight excluding hydrogens is 194 g/mol. The third kappa shape index (κ3) is 1.88. The maximum atomic E-state index is 11.1. The largest absolute Gasteiger partial charge is 0.504 e. The Morgan fingerprint density at radius 1 is 1.53 bits per heavy atom. The van der Waals surface area contributed by atoms with E-state index < -0.39 is 0 Å². The van der Waals surface area contributed by atoms with Crippen molar-refractivity contribution in [3.63, 3.8) is 0 Å². The predicted molar refractivity (Wildman–Crippen MR) is 55.0 cm³/mol. The number of rotatable bonds is 2.